The summed E-state index contributed by atoms with van der Waals surface area (Å²) in [4.78, 5) is 12.2. The first-order chi connectivity index (χ1) is 14.1. The van der Waals surface area contributed by atoms with Gasteiger partial charge in [-0.25, -0.2) is 13.0 Å². The van der Waals surface area contributed by atoms with Crippen LogP contribution in [0.1, 0.15) is 10.4 Å². The van der Waals surface area contributed by atoms with Crippen LogP contribution in [0.3, 0.4) is 0 Å². The Morgan fingerprint density at radius 1 is 1.06 bits per heavy atom. The molecule has 166 valence electrons. The fourth-order valence-electron chi connectivity index (χ4n) is 2.23. The van der Waals surface area contributed by atoms with E-state index in [1.165, 1.54) is 15.4 Å². The Morgan fingerprint density at radius 2 is 1.71 bits per heavy atom. The monoisotopic (exact) mass is 465 g/mol. The Kier molecular flexibility index (Phi) is 9.46. The summed E-state index contributed by atoms with van der Waals surface area (Å²) in [6.07, 6.45) is 8.41. The van der Waals surface area contributed by atoms with Gasteiger partial charge >= 0.3 is 0 Å². The SMILES string of the molecule is CN(C)c1ccc(/C=C/c2cc[n+](C)cc2)s1.O.O=[N+]([O-])c1cccc(S(=O)(=O)[O-])c1. The topological polar surface area (TPSA) is 139 Å². The van der Waals surface area contributed by atoms with E-state index in [0.29, 0.717) is 0 Å². The summed E-state index contributed by atoms with van der Waals surface area (Å²) in [6.45, 7) is 0. The Labute approximate surface area is 184 Å². The fraction of sp³-hybridized carbons (Fsp3) is 0.150. The average molecular weight is 466 g/mol. The summed E-state index contributed by atoms with van der Waals surface area (Å²) in [7, 11) is 1.54. The van der Waals surface area contributed by atoms with Gasteiger partial charge in [-0.15, -0.1) is 11.3 Å². The van der Waals surface area contributed by atoms with Crippen LogP contribution in [0.4, 0.5) is 10.7 Å². The zero-order chi connectivity index (χ0) is 22.3. The number of non-ortho nitro benzene ring substituents is 1. The summed E-state index contributed by atoms with van der Waals surface area (Å²) < 4.78 is 33.3. The van der Waals surface area contributed by atoms with Crippen LogP contribution >= 0.6 is 11.3 Å². The molecule has 0 aliphatic heterocycles. The van der Waals surface area contributed by atoms with Crippen LogP contribution in [0.15, 0.2) is 65.8 Å². The lowest BCUT2D eigenvalue weighted by atomic mass is 10.2. The first-order valence-electron chi connectivity index (χ1n) is 8.67. The van der Waals surface area contributed by atoms with Crippen molar-refractivity contribution in [1.29, 1.82) is 0 Å². The first-order valence-corrected chi connectivity index (χ1v) is 10.9. The van der Waals surface area contributed by atoms with Crippen molar-refractivity contribution in [2.45, 2.75) is 4.90 Å². The number of anilines is 1. The normalized spacial score (nSPS) is 10.7. The maximum absolute atomic E-state index is 10.4. The standard InChI is InChI=1S/C14H17N2S.C6H5NO5S.H2O/c1-15(2)14-7-6-13(17-14)5-4-12-8-10-16(3)11-9-12;8-7(9)5-2-1-3-6(4-5)13(10,11)12;/h4-11H,1-3H3;1-4H,(H,10,11,12);1H2/q+1;;/p-1. The number of aromatic nitrogens is 1. The Balaban J connectivity index is 0.000000311. The zero-order valence-corrected chi connectivity index (χ0v) is 18.8. The van der Waals surface area contributed by atoms with Crippen LogP contribution in [0, 0.1) is 10.1 Å². The van der Waals surface area contributed by atoms with Gasteiger partial charge in [0.05, 0.1) is 14.8 Å². The third kappa shape index (κ3) is 8.26. The lowest BCUT2D eigenvalue weighted by molar-refractivity contribution is -0.671. The molecule has 2 N–H and O–H groups in total. The second-order valence-corrected chi connectivity index (χ2v) is 8.88. The molecule has 0 fully saturated rings. The highest BCUT2D eigenvalue weighted by Gasteiger charge is 2.08. The Bertz CT molecular complexity index is 1140. The quantitative estimate of drug-likeness (QED) is 0.245. The first kappa shape index (κ1) is 25.9. The van der Waals surface area contributed by atoms with Crippen LogP contribution in [0.5, 0.6) is 0 Å². The van der Waals surface area contributed by atoms with Gasteiger partial charge in [0.2, 0.25) is 0 Å². The van der Waals surface area contributed by atoms with Crippen LogP contribution < -0.4 is 9.47 Å². The van der Waals surface area contributed by atoms with Crippen molar-refractivity contribution in [1.82, 2.24) is 0 Å². The van der Waals surface area contributed by atoms with Crippen molar-refractivity contribution in [2.24, 2.45) is 7.05 Å². The molecule has 0 spiro atoms. The van der Waals surface area contributed by atoms with Crippen molar-refractivity contribution < 1.29 is 27.9 Å². The highest BCUT2D eigenvalue weighted by atomic mass is 32.2. The lowest BCUT2D eigenvalue weighted by Gasteiger charge is -2.06. The van der Waals surface area contributed by atoms with Gasteiger partial charge in [0.15, 0.2) is 12.4 Å². The number of nitro benzene ring substituents is 1. The summed E-state index contributed by atoms with van der Waals surface area (Å²) in [6, 6.07) is 12.5. The molecule has 0 saturated heterocycles. The maximum Gasteiger partial charge on any atom is 0.270 e. The predicted molar refractivity (Wildman–Crippen MR) is 120 cm³/mol. The summed E-state index contributed by atoms with van der Waals surface area (Å²) in [5, 5.41) is 11.5. The maximum atomic E-state index is 10.4. The molecule has 0 radical (unpaired) electrons. The van der Waals surface area contributed by atoms with Crippen molar-refractivity contribution >= 4 is 44.3 Å². The molecule has 1 aromatic carbocycles. The second-order valence-electron chi connectivity index (χ2n) is 6.41. The molecule has 0 atom stereocenters. The number of thiophene rings is 1. The van der Waals surface area contributed by atoms with E-state index in [9.17, 15) is 23.1 Å². The molecule has 3 rings (SSSR count). The minimum atomic E-state index is -4.61. The molecule has 9 nitrogen and oxygen atoms in total. The molecule has 2 aromatic heterocycles. The van der Waals surface area contributed by atoms with Gasteiger partial charge in [-0.05, 0) is 29.8 Å². The lowest BCUT2D eigenvalue weighted by Crippen LogP contribution is -2.25. The summed E-state index contributed by atoms with van der Waals surface area (Å²) in [5.41, 5.74) is 0.805. The molecule has 0 unspecified atom stereocenters. The molecule has 0 saturated carbocycles. The predicted octanol–water partition coefficient (Wildman–Crippen LogP) is 2.48. The molecule has 0 amide bonds. The van der Waals surface area contributed by atoms with Crippen LogP contribution in [0.2, 0.25) is 0 Å². The number of nitrogens with zero attached hydrogens (tertiary/aromatic N) is 3. The molecule has 3 aromatic rings. The number of aryl methyl sites for hydroxylation is 1. The van der Waals surface area contributed by atoms with Gasteiger partial charge in [-0.3, -0.25) is 10.1 Å². The number of benzene rings is 1. The molecule has 11 heteroatoms. The third-order valence-electron chi connectivity index (χ3n) is 3.81. The molecule has 0 aliphatic carbocycles. The van der Waals surface area contributed by atoms with Gasteiger partial charge in [-0.2, -0.15) is 0 Å². The number of pyridine rings is 1. The van der Waals surface area contributed by atoms with E-state index in [-0.39, 0.29) is 5.48 Å². The van der Waals surface area contributed by atoms with Crippen molar-refractivity contribution in [3.05, 3.63) is 81.5 Å². The van der Waals surface area contributed by atoms with Crippen molar-refractivity contribution in [2.75, 3.05) is 19.0 Å². The average Bonchev–Trinajstić information content (AvgIpc) is 3.17. The van der Waals surface area contributed by atoms with Crippen LogP contribution in [-0.4, -0.2) is 37.5 Å². The number of rotatable bonds is 5. The van der Waals surface area contributed by atoms with E-state index in [1.54, 1.807) is 11.3 Å². The minimum Gasteiger partial charge on any atom is -0.744 e. The van der Waals surface area contributed by atoms with Gasteiger partial charge in [0.25, 0.3) is 5.69 Å². The van der Waals surface area contributed by atoms with Gasteiger partial charge in [0, 0.05) is 43.2 Å². The smallest absolute Gasteiger partial charge is 0.270 e. The molecule has 0 bridgehead atoms. The largest absolute Gasteiger partial charge is 0.744 e. The molecule has 0 aliphatic rings. The highest BCUT2D eigenvalue weighted by molar-refractivity contribution is 7.85. The highest BCUT2D eigenvalue weighted by Crippen LogP contribution is 2.25. The molecular weight excluding hydrogens is 442 g/mol. The van der Waals surface area contributed by atoms with E-state index in [2.05, 4.69) is 67.8 Å². The molecule has 31 heavy (non-hydrogen) atoms. The number of hydrogen-bond donors (Lipinski definition) is 0. The third-order valence-corrected chi connectivity index (χ3v) is 5.86. The van der Waals surface area contributed by atoms with Gasteiger partial charge in [-0.1, -0.05) is 12.1 Å². The van der Waals surface area contributed by atoms with Crippen LogP contribution in [0.25, 0.3) is 12.2 Å². The summed E-state index contributed by atoms with van der Waals surface area (Å²) >= 11 is 1.80. The molecular formula is C20H23N3O6S2. The van der Waals surface area contributed by atoms with E-state index in [0.717, 1.165) is 24.3 Å². The van der Waals surface area contributed by atoms with E-state index in [4.69, 9.17) is 0 Å². The number of nitro groups is 1. The van der Waals surface area contributed by atoms with E-state index in [1.807, 2.05) is 11.6 Å². The molecule has 2 heterocycles. The van der Waals surface area contributed by atoms with Gasteiger partial charge in [0.1, 0.15) is 17.2 Å². The van der Waals surface area contributed by atoms with Crippen LogP contribution in [-0.2, 0) is 17.2 Å². The zero-order valence-electron chi connectivity index (χ0n) is 17.1. The van der Waals surface area contributed by atoms with Crippen molar-refractivity contribution in [3.63, 3.8) is 0 Å². The Hall–Kier alpha value is -3.12. The second kappa shape index (κ2) is 11.3. The number of hydrogen-bond acceptors (Lipinski definition) is 7. The van der Waals surface area contributed by atoms with E-state index < -0.39 is 25.6 Å². The minimum absolute atomic E-state index is 0. The fourth-order valence-corrected chi connectivity index (χ4v) is 3.57. The van der Waals surface area contributed by atoms with E-state index >= 15 is 0 Å². The van der Waals surface area contributed by atoms with Crippen molar-refractivity contribution in [3.8, 4) is 0 Å². The van der Waals surface area contributed by atoms with Gasteiger partial charge < -0.3 is 14.9 Å². The summed E-state index contributed by atoms with van der Waals surface area (Å²) in [5.74, 6) is 0. The Morgan fingerprint density at radius 3 is 2.23 bits per heavy atom.